The minimum atomic E-state index is -0.612. The molecule has 0 heterocycles. The molecule has 2 aromatic carbocycles. The molecule has 100 valence electrons. The van der Waals surface area contributed by atoms with E-state index in [0.29, 0.717) is 17.0 Å². The monoisotopic (exact) mass is 263 g/mol. The standard InChI is InChI=1S/C15H15F2NO/c1-9-3-10(2)15(7-14(9)18)19-8-11-4-12(16)6-13(17)5-11/h3-7H,8,18H2,1-2H3. The van der Waals surface area contributed by atoms with Gasteiger partial charge in [-0.3, -0.25) is 0 Å². The van der Waals surface area contributed by atoms with Crippen LogP contribution in [0.4, 0.5) is 14.5 Å². The lowest BCUT2D eigenvalue weighted by Gasteiger charge is -2.11. The minimum Gasteiger partial charge on any atom is -0.489 e. The highest BCUT2D eigenvalue weighted by Crippen LogP contribution is 2.25. The van der Waals surface area contributed by atoms with Crippen LogP contribution in [-0.4, -0.2) is 0 Å². The topological polar surface area (TPSA) is 35.2 Å². The van der Waals surface area contributed by atoms with Crippen molar-refractivity contribution in [2.24, 2.45) is 0 Å². The van der Waals surface area contributed by atoms with Crippen molar-refractivity contribution >= 4 is 5.69 Å². The zero-order valence-electron chi connectivity index (χ0n) is 10.8. The second-order valence-corrected chi connectivity index (χ2v) is 4.54. The fourth-order valence-corrected chi connectivity index (χ4v) is 1.86. The molecule has 0 aromatic heterocycles. The van der Waals surface area contributed by atoms with Gasteiger partial charge in [0.15, 0.2) is 0 Å². The molecule has 2 aromatic rings. The van der Waals surface area contributed by atoms with Crippen LogP contribution in [0.2, 0.25) is 0 Å². The Labute approximate surface area is 110 Å². The number of hydrogen-bond acceptors (Lipinski definition) is 2. The molecule has 0 aliphatic rings. The lowest BCUT2D eigenvalue weighted by molar-refractivity contribution is 0.303. The van der Waals surface area contributed by atoms with Gasteiger partial charge in [0.1, 0.15) is 24.0 Å². The highest BCUT2D eigenvalue weighted by atomic mass is 19.1. The van der Waals surface area contributed by atoms with E-state index in [1.165, 1.54) is 12.1 Å². The number of ether oxygens (including phenoxy) is 1. The maximum Gasteiger partial charge on any atom is 0.126 e. The van der Waals surface area contributed by atoms with Crippen LogP contribution in [0.25, 0.3) is 0 Å². The van der Waals surface area contributed by atoms with Gasteiger partial charge >= 0.3 is 0 Å². The Morgan fingerprint density at radius 2 is 1.58 bits per heavy atom. The molecule has 0 saturated heterocycles. The third kappa shape index (κ3) is 3.22. The highest BCUT2D eigenvalue weighted by molar-refractivity contribution is 5.54. The summed E-state index contributed by atoms with van der Waals surface area (Å²) in [5, 5.41) is 0. The van der Waals surface area contributed by atoms with Crippen LogP contribution in [-0.2, 0) is 6.61 Å². The summed E-state index contributed by atoms with van der Waals surface area (Å²) >= 11 is 0. The van der Waals surface area contributed by atoms with Gasteiger partial charge in [0.2, 0.25) is 0 Å². The van der Waals surface area contributed by atoms with Gasteiger partial charge in [-0.05, 0) is 42.7 Å². The first-order chi connectivity index (χ1) is 8.95. The molecular weight excluding hydrogens is 248 g/mol. The Bertz CT molecular complexity index is 591. The second kappa shape index (κ2) is 5.26. The quantitative estimate of drug-likeness (QED) is 0.856. The smallest absolute Gasteiger partial charge is 0.126 e. The van der Waals surface area contributed by atoms with Gasteiger partial charge in [0, 0.05) is 17.8 Å². The van der Waals surface area contributed by atoms with Gasteiger partial charge in [-0.25, -0.2) is 8.78 Å². The molecule has 2 nitrogen and oxygen atoms in total. The Morgan fingerprint density at radius 3 is 2.21 bits per heavy atom. The van der Waals surface area contributed by atoms with Crippen molar-refractivity contribution in [1.29, 1.82) is 0 Å². The molecule has 4 heteroatoms. The maximum atomic E-state index is 13.0. The van der Waals surface area contributed by atoms with Crippen LogP contribution < -0.4 is 10.5 Å². The number of aryl methyl sites for hydroxylation is 2. The number of nitrogens with two attached hydrogens (primary N) is 1. The fraction of sp³-hybridized carbons (Fsp3) is 0.200. The van der Waals surface area contributed by atoms with E-state index in [1.54, 1.807) is 6.07 Å². The van der Waals surface area contributed by atoms with Crippen molar-refractivity contribution in [1.82, 2.24) is 0 Å². The fourth-order valence-electron chi connectivity index (χ4n) is 1.86. The Morgan fingerprint density at radius 1 is 0.947 bits per heavy atom. The highest BCUT2D eigenvalue weighted by Gasteiger charge is 2.05. The second-order valence-electron chi connectivity index (χ2n) is 4.54. The first-order valence-electron chi connectivity index (χ1n) is 5.90. The van der Waals surface area contributed by atoms with E-state index in [1.807, 2.05) is 19.9 Å². The summed E-state index contributed by atoms with van der Waals surface area (Å²) < 4.78 is 31.6. The van der Waals surface area contributed by atoms with Crippen LogP contribution in [0.3, 0.4) is 0 Å². The SMILES string of the molecule is Cc1cc(C)c(OCc2cc(F)cc(F)c2)cc1N. The maximum absolute atomic E-state index is 13.0. The van der Waals surface area contributed by atoms with Crippen molar-refractivity contribution in [3.05, 3.63) is 58.7 Å². The van der Waals surface area contributed by atoms with E-state index in [0.717, 1.165) is 17.2 Å². The summed E-state index contributed by atoms with van der Waals surface area (Å²) in [6, 6.07) is 6.96. The molecule has 0 unspecified atom stereocenters. The van der Waals surface area contributed by atoms with Crippen molar-refractivity contribution in [3.63, 3.8) is 0 Å². The normalized spacial score (nSPS) is 10.5. The van der Waals surface area contributed by atoms with E-state index in [2.05, 4.69) is 0 Å². The number of anilines is 1. The minimum absolute atomic E-state index is 0.0953. The first-order valence-corrected chi connectivity index (χ1v) is 5.90. The Kier molecular flexibility index (Phi) is 3.69. The average molecular weight is 263 g/mol. The molecule has 2 N–H and O–H groups in total. The third-order valence-electron chi connectivity index (χ3n) is 2.88. The van der Waals surface area contributed by atoms with Crippen LogP contribution in [0.5, 0.6) is 5.75 Å². The third-order valence-corrected chi connectivity index (χ3v) is 2.88. The molecule has 2 rings (SSSR count). The van der Waals surface area contributed by atoms with Crippen LogP contribution >= 0.6 is 0 Å². The molecule has 0 saturated carbocycles. The predicted octanol–water partition coefficient (Wildman–Crippen LogP) is 3.74. The first kappa shape index (κ1) is 13.3. The predicted molar refractivity (Wildman–Crippen MR) is 71.0 cm³/mol. The summed E-state index contributed by atoms with van der Waals surface area (Å²) in [7, 11) is 0. The molecule has 0 aliphatic heterocycles. The molecule has 0 bridgehead atoms. The summed E-state index contributed by atoms with van der Waals surface area (Å²) in [6.45, 7) is 3.90. The van der Waals surface area contributed by atoms with Crippen molar-refractivity contribution < 1.29 is 13.5 Å². The Balaban J connectivity index is 2.16. The molecule has 19 heavy (non-hydrogen) atoms. The van der Waals surface area contributed by atoms with Gasteiger partial charge < -0.3 is 10.5 Å². The number of benzene rings is 2. The Hall–Kier alpha value is -2.10. The lowest BCUT2D eigenvalue weighted by Crippen LogP contribution is -2.00. The number of nitrogen functional groups attached to an aromatic ring is 1. The largest absolute Gasteiger partial charge is 0.489 e. The van der Waals surface area contributed by atoms with E-state index < -0.39 is 11.6 Å². The summed E-state index contributed by atoms with van der Waals surface area (Å²) in [4.78, 5) is 0. The zero-order valence-corrected chi connectivity index (χ0v) is 10.8. The molecule has 0 radical (unpaired) electrons. The van der Waals surface area contributed by atoms with E-state index in [9.17, 15) is 8.78 Å². The average Bonchev–Trinajstić information content (AvgIpc) is 2.31. The summed E-state index contributed by atoms with van der Waals surface area (Å²) in [5.74, 6) is -0.606. The van der Waals surface area contributed by atoms with Crippen LogP contribution in [0.15, 0.2) is 30.3 Å². The summed E-state index contributed by atoms with van der Waals surface area (Å²) in [5.41, 5.74) is 8.79. The van der Waals surface area contributed by atoms with Crippen LogP contribution in [0.1, 0.15) is 16.7 Å². The molecule has 0 atom stereocenters. The molecule has 0 spiro atoms. The van der Waals surface area contributed by atoms with Crippen LogP contribution in [0, 0.1) is 25.5 Å². The molecule has 0 fully saturated rings. The molecule has 0 amide bonds. The van der Waals surface area contributed by atoms with Gasteiger partial charge in [0.05, 0.1) is 0 Å². The molecule has 0 aliphatic carbocycles. The van der Waals surface area contributed by atoms with Gasteiger partial charge in [-0.1, -0.05) is 6.07 Å². The van der Waals surface area contributed by atoms with Crippen molar-refractivity contribution in [2.45, 2.75) is 20.5 Å². The number of halogens is 2. The van der Waals surface area contributed by atoms with Crippen molar-refractivity contribution in [2.75, 3.05) is 5.73 Å². The number of rotatable bonds is 3. The molecular formula is C15H15F2NO. The van der Waals surface area contributed by atoms with E-state index >= 15 is 0 Å². The van der Waals surface area contributed by atoms with Crippen molar-refractivity contribution in [3.8, 4) is 5.75 Å². The zero-order chi connectivity index (χ0) is 14.0. The number of hydrogen-bond donors (Lipinski definition) is 1. The van der Waals surface area contributed by atoms with Gasteiger partial charge in [-0.2, -0.15) is 0 Å². The van der Waals surface area contributed by atoms with E-state index in [-0.39, 0.29) is 6.61 Å². The van der Waals surface area contributed by atoms with E-state index in [4.69, 9.17) is 10.5 Å². The van der Waals surface area contributed by atoms with Gasteiger partial charge in [-0.15, -0.1) is 0 Å². The van der Waals surface area contributed by atoms with Gasteiger partial charge in [0.25, 0.3) is 0 Å². The lowest BCUT2D eigenvalue weighted by atomic mass is 10.1. The summed E-state index contributed by atoms with van der Waals surface area (Å²) in [6.07, 6.45) is 0.